The van der Waals surface area contributed by atoms with Crippen LogP contribution in [0.5, 0.6) is 0 Å². The molecule has 0 aromatic heterocycles. The van der Waals surface area contributed by atoms with Crippen LogP contribution in [-0.2, 0) is 20.7 Å². The standard InChI is InChI=1S/C19H22N4O6.CH4/c1-3-12-9-22-13-6-5-11(23(27)28)7-10(13)8-19(15(22)14(4-2)29-12)16(24)20-18(26)21-17(19)25;/h5-7,12,14-15H,3-4,8-9H2,1-2H3,(H2,20,21,24,25,26);1H4/t12-,14+,15-;/m1./s1. The van der Waals surface area contributed by atoms with Gasteiger partial charge in [-0.3, -0.25) is 30.3 Å². The number of imide groups is 2. The number of morpholine rings is 1. The number of barbiturate groups is 1. The first-order valence-electron chi connectivity index (χ1n) is 9.68. The lowest BCUT2D eigenvalue weighted by atomic mass is 9.66. The number of non-ortho nitro benzene ring substituents is 1. The van der Waals surface area contributed by atoms with E-state index in [9.17, 15) is 24.5 Å². The zero-order valence-corrected chi connectivity index (χ0v) is 16.1. The van der Waals surface area contributed by atoms with Crippen LogP contribution in [0.25, 0.3) is 0 Å². The highest BCUT2D eigenvalue weighted by Gasteiger charge is 2.63. The lowest BCUT2D eigenvalue weighted by molar-refractivity contribution is -0.384. The summed E-state index contributed by atoms with van der Waals surface area (Å²) in [6.45, 7) is 4.36. The van der Waals surface area contributed by atoms with Crippen molar-refractivity contribution in [3.63, 3.8) is 0 Å². The van der Waals surface area contributed by atoms with E-state index in [1.165, 1.54) is 12.1 Å². The van der Waals surface area contributed by atoms with Crippen LogP contribution in [0.1, 0.15) is 39.7 Å². The number of nitrogens with zero attached hydrogens (tertiary/aromatic N) is 2. The molecular weight excluding hydrogens is 392 g/mol. The predicted molar refractivity (Wildman–Crippen MR) is 108 cm³/mol. The molecule has 2 saturated heterocycles. The molecule has 3 heterocycles. The average molecular weight is 418 g/mol. The Balaban J connectivity index is 0.00000256. The molecule has 0 unspecified atom stereocenters. The van der Waals surface area contributed by atoms with E-state index in [2.05, 4.69) is 10.6 Å². The number of urea groups is 1. The van der Waals surface area contributed by atoms with Gasteiger partial charge in [0, 0.05) is 30.8 Å². The summed E-state index contributed by atoms with van der Waals surface area (Å²) in [6.07, 6.45) is 0.738. The van der Waals surface area contributed by atoms with Gasteiger partial charge in [-0.15, -0.1) is 0 Å². The van der Waals surface area contributed by atoms with Crippen LogP contribution in [0.2, 0.25) is 0 Å². The molecule has 3 aliphatic rings. The minimum atomic E-state index is -1.62. The molecule has 1 aromatic rings. The molecule has 0 bridgehead atoms. The Labute approximate surface area is 174 Å². The summed E-state index contributed by atoms with van der Waals surface area (Å²) in [5.41, 5.74) is -0.446. The Hall–Kier alpha value is -3.01. The smallest absolute Gasteiger partial charge is 0.328 e. The first kappa shape index (κ1) is 21.7. The first-order chi connectivity index (χ1) is 13.8. The molecule has 1 aromatic carbocycles. The first-order valence-corrected chi connectivity index (χ1v) is 9.68. The molecule has 0 aliphatic carbocycles. The zero-order chi connectivity index (χ0) is 20.9. The third kappa shape index (κ3) is 3.02. The summed E-state index contributed by atoms with van der Waals surface area (Å²) >= 11 is 0. The van der Waals surface area contributed by atoms with E-state index < -0.39 is 40.3 Å². The van der Waals surface area contributed by atoms with Gasteiger partial charge in [0.2, 0.25) is 11.8 Å². The summed E-state index contributed by atoms with van der Waals surface area (Å²) in [5.74, 6) is -1.40. The van der Waals surface area contributed by atoms with E-state index in [1.54, 1.807) is 6.07 Å². The second kappa shape index (κ2) is 7.67. The van der Waals surface area contributed by atoms with E-state index in [-0.39, 0.29) is 25.6 Å². The second-order valence-electron chi connectivity index (χ2n) is 7.67. The molecule has 10 nitrogen and oxygen atoms in total. The molecule has 2 N–H and O–H groups in total. The number of nitro benzene ring substituents is 1. The fraction of sp³-hybridized carbons (Fsp3) is 0.550. The number of fused-ring (bicyclic) bond motifs is 4. The molecule has 4 rings (SSSR count). The van der Waals surface area contributed by atoms with Crippen LogP contribution < -0.4 is 15.5 Å². The molecule has 1 spiro atoms. The molecule has 2 fully saturated rings. The molecule has 3 atom stereocenters. The van der Waals surface area contributed by atoms with Crippen molar-refractivity contribution in [1.82, 2.24) is 10.6 Å². The van der Waals surface area contributed by atoms with Crippen molar-refractivity contribution in [3.05, 3.63) is 33.9 Å². The van der Waals surface area contributed by atoms with E-state index in [4.69, 9.17) is 4.74 Å². The average Bonchev–Trinajstić information content (AvgIpc) is 2.70. The van der Waals surface area contributed by atoms with Crippen molar-refractivity contribution >= 4 is 29.2 Å². The van der Waals surface area contributed by atoms with Crippen molar-refractivity contribution in [2.45, 2.75) is 58.8 Å². The van der Waals surface area contributed by atoms with Crippen LogP contribution in [0, 0.1) is 15.5 Å². The van der Waals surface area contributed by atoms with Crippen LogP contribution in [0.4, 0.5) is 16.2 Å². The van der Waals surface area contributed by atoms with Gasteiger partial charge in [-0.05, 0) is 24.5 Å². The normalized spacial score (nSPS) is 26.8. The van der Waals surface area contributed by atoms with Crippen LogP contribution >= 0.6 is 0 Å². The van der Waals surface area contributed by atoms with Gasteiger partial charge in [0.05, 0.1) is 23.2 Å². The number of ether oxygens (including phenoxy) is 1. The Morgan fingerprint density at radius 1 is 1.20 bits per heavy atom. The molecule has 0 radical (unpaired) electrons. The van der Waals surface area contributed by atoms with E-state index in [1.807, 2.05) is 18.7 Å². The lowest BCUT2D eigenvalue weighted by Gasteiger charge is -2.56. The van der Waals surface area contributed by atoms with Gasteiger partial charge in [0.25, 0.3) is 5.69 Å². The maximum atomic E-state index is 13.1. The molecular formula is C20H26N4O6. The maximum absolute atomic E-state index is 13.1. The molecule has 0 saturated carbocycles. The van der Waals surface area contributed by atoms with Gasteiger partial charge in [-0.2, -0.15) is 0 Å². The van der Waals surface area contributed by atoms with E-state index >= 15 is 0 Å². The van der Waals surface area contributed by atoms with Crippen LogP contribution in [-0.4, -0.2) is 47.6 Å². The van der Waals surface area contributed by atoms with Crippen LogP contribution in [0.3, 0.4) is 0 Å². The fourth-order valence-corrected chi connectivity index (χ4v) is 4.78. The number of rotatable bonds is 3. The summed E-state index contributed by atoms with van der Waals surface area (Å²) < 4.78 is 6.19. The summed E-state index contributed by atoms with van der Waals surface area (Å²) in [6, 6.07) is 3.01. The third-order valence-electron chi connectivity index (χ3n) is 6.14. The monoisotopic (exact) mass is 418 g/mol. The number of carbonyl (C=O) groups excluding carboxylic acids is 3. The third-order valence-corrected chi connectivity index (χ3v) is 6.14. The summed E-state index contributed by atoms with van der Waals surface area (Å²) in [5, 5.41) is 15.7. The van der Waals surface area contributed by atoms with Gasteiger partial charge in [-0.25, -0.2) is 4.79 Å². The maximum Gasteiger partial charge on any atom is 0.328 e. The lowest BCUT2D eigenvalue weighted by Crippen LogP contribution is -2.75. The highest BCUT2D eigenvalue weighted by Crippen LogP contribution is 2.48. The molecule has 30 heavy (non-hydrogen) atoms. The number of amides is 4. The number of carbonyl (C=O) groups is 3. The number of hydrogen-bond acceptors (Lipinski definition) is 7. The highest BCUT2D eigenvalue weighted by atomic mass is 16.6. The number of nitro groups is 1. The molecule has 3 aliphatic heterocycles. The molecule has 4 amide bonds. The topological polar surface area (TPSA) is 131 Å². The number of benzene rings is 1. The minimum Gasteiger partial charge on any atom is -0.371 e. The number of anilines is 1. The Morgan fingerprint density at radius 3 is 2.43 bits per heavy atom. The van der Waals surface area contributed by atoms with E-state index in [0.29, 0.717) is 18.5 Å². The predicted octanol–water partition coefficient (Wildman–Crippen LogP) is 1.90. The van der Waals surface area contributed by atoms with Crippen LogP contribution in [0.15, 0.2) is 18.2 Å². The van der Waals surface area contributed by atoms with Crippen molar-refractivity contribution in [2.24, 2.45) is 5.41 Å². The molecule has 10 heteroatoms. The van der Waals surface area contributed by atoms with Gasteiger partial charge >= 0.3 is 6.03 Å². The highest BCUT2D eigenvalue weighted by molar-refractivity contribution is 6.20. The summed E-state index contributed by atoms with van der Waals surface area (Å²) in [7, 11) is 0. The number of nitrogens with one attached hydrogen (secondary N) is 2. The Bertz CT molecular complexity index is 897. The van der Waals surface area contributed by atoms with Crippen molar-refractivity contribution in [3.8, 4) is 0 Å². The Morgan fingerprint density at radius 2 is 1.87 bits per heavy atom. The summed E-state index contributed by atoms with van der Waals surface area (Å²) in [4.78, 5) is 50.6. The van der Waals surface area contributed by atoms with Gasteiger partial charge < -0.3 is 9.64 Å². The minimum absolute atomic E-state index is 0. The quantitative estimate of drug-likeness (QED) is 0.435. The van der Waals surface area contributed by atoms with Gasteiger partial charge in [0.15, 0.2) is 5.41 Å². The van der Waals surface area contributed by atoms with Gasteiger partial charge in [-0.1, -0.05) is 21.3 Å². The van der Waals surface area contributed by atoms with E-state index in [0.717, 1.165) is 12.1 Å². The number of hydrogen-bond donors (Lipinski definition) is 2. The largest absolute Gasteiger partial charge is 0.371 e. The van der Waals surface area contributed by atoms with Crippen molar-refractivity contribution < 1.29 is 24.0 Å². The van der Waals surface area contributed by atoms with Gasteiger partial charge in [0.1, 0.15) is 0 Å². The van der Waals surface area contributed by atoms with Crippen molar-refractivity contribution in [2.75, 3.05) is 11.4 Å². The Kier molecular flexibility index (Phi) is 5.55. The second-order valence-corrected chi connectivity index (χ2v) is 7.67. The zero-order valence-electron chi connectivity index (χ0n) is 16.1. The SMILES string of the molecule is C.CC[C@@H]1CN2c3ccc([N+](=O)[O-])cc3CC3(C(=O)NC(=O)NC3=O)[C@H]2[C@H](CC)O1. The molecule has 162 valence electrons. The van der Waals surface area contributed by atoms with Crippen molar-refractivity contribution in [1.29, 1.82) is 0 Å². The fourth-order valence-electron chi connectivity index (χ4n) is 4.78.